The first-order chi connectivity index (χ1) is 26.2. The van der Waals surface area contributed by atoms with Gasteiger partial charge in [0.25, 0.3) is 5.60 Å². The number of allylic oxidation sites excluding steroid dienone is 1. The van der Waals surface area contributed by atoms with Crippen LogP contribution >= 0.6 is 0 Å². The molecule has 2 aliphatic rings. The summed E-state index contributed by atoms with van der Waals surface area (Å²) < 4.78 is 34.9. The molecular formula is C43H62O14. The number of rotatable bonds is 17. The van der Waals surface area contributed by atoms with Gasteiger partial charge in [-0.05, 0) is 83.8 Å². The molecule has 1 aromatic carbocycles. The molecule has 0 spiro atoms. The summed E-state index contributed by atoms with van der Waals surface area (Å²) in [4.78, 5) is 67.8. The van der Waals surface area contributed by atoms with Gasteiger partial charge in [-0.2, -0.15) is 0 Å². The molecule has 14 heteroatoms. The van der Waals surface area contributed by atoms with E-state index in [1.54, 1.807) is 6.08 Å². The second-order valence-corrected chi connectivity index (χ2v) is 17.5. The topological polar surface area (TPSA) is 201 Å². The van der Waals surface area contributed by atoms with E-state index in [0.717, 1.165) is 24.5 Å². The zero-order chi connectivity index (χ0) is 43.3. The van der Waals surface area contributed by atoms with Crippen molar-refractivity contribution in [3.05, 3.63) is 60.2 Å². The minimum atomic E-state index is -3.62. The first kappa shape index (κ1) is 47.3. The van der Waals surface area contributed by atoms with Crippen molar-refractivity contribution < 1.29 is 67.7 Å². The molecule has 0 saturated carbocycles. The Morgan fingerprint density at radius 1 is 0.965 bits per heavy atom. The second kappa shape index (κ2) is 18.2. The zero-order valence-electron chi connectivity index (χ0n) is 35.2. The Labute approximate surface area is 335 Å². The van der Waals surface area contributed by atoms with Crippen LogP contribution in [0.3, 0.4) is 0 Å². The molecule has 3 N–H and O–H groups in total. The van der Waals surface area contributed by atoms with Crippen LogP contribution in [0.15, 0.2) is 54.6 Å². The highest BCUT2D eigenvalue weighted by Crippen LogP contribution is 2.57. The van der Waals surface area contributed by atoms with Gasteiger partial charge in [0, 0.05) is 25.3 Å². The molecule has 2 aliphatic heterocycles. The van der Waals surface area contributed by atoms with E-state index in [2.05, 4.69) is 13.5 Å². The third-order valence-corrected chi connectivity index (χ3v) is 10.1. The van der Waals surface area contributed by atoms with Crippen LogP contribution in [0.25, 0.3) is 0 Å². The van der Waals surface area contributed by atoms with Crippen LogP contribution in [0.4, 0.5) is 0 Å². The van der Waals surface area contributed by atoms with Crippen molar-refractivity contribution >= 4 is 29.8 Å². The molecule has 0 aromatic heterocycles. The van der Waals surface area contributed by atoms with E-state index in [-0.39, 0.29) is 18.3 Å². The van der Waals surface area contributed by atoms with Crippen molar-refractivity contribution in [2.45, 2.75) is 161 Å². The van der Waals surface area contributed by atoms with Crippen molar-refractivity contribution in [3.8, 4) is 0 Å². The van der Waals surface area contributed by atoms with Crippen molar-refractivity contribution in [1.82, 2.24) is 0 Å². The van der Waals surface area contributed by atoms with Gasteiger partial charge in [0.2, 0.25) is 17.5 Å². The number of hydrogen-bond acceptors (Lipinski definition) is 13. The Balaban J connectivity index is 2.22. The summed E-state index contributed by atoms with van der Waals surface area (Å²) in [5.41, 5.74) is -8.33. The summed E-state index contributed by atoms with van der Waals surface area (Å²) in [6.45, 7) is 22.0. The first-order valence-corrected chi connectivity index (χ1v) is 19.5. The number of carboxylic acids is 1. The number of esters is 4. The molecule has 0 radical (unpaired) electrons. The van der Waals surface area contributed by atoms with Gasteiger partial charge in [0.15, 0.2) is 6.10 Å². The maximum absolute atomic E-state index is 14.6. The lowest BCUT2D eigenvalue weighted by molar-refractivity contribution is -0.377. The number of aliphatic hydroxyl groups excluding tert-OH is 1. The molecule has 318 valence electrons. The number of carboxylic acid groups (broad SMARTS) is 1. The predicted octanol–water partition coefficient (Wildman–Crippen LogP) is 5.40. The van der Waals surface area contributed by atoms with Gasteiger partial charge in [0.1, 0.15) is 23.4 Å². The zero-order valence-corrected chi connectivity index (χ0v) is 35.2. The highest BCUT2D eigenvalue weighted by Gasteiger charge is 2.86. The standard InChI is InChI=1S/C43H62O14/c1-13-25(2)23-26(3)19-20-31(45)53-34-33(46)41(22-21-27(4)32(52-29(6)44)28(5)24-30-17-15-14-16-18-30)54-35(36(47)48)42(51,37(49)55-39(7,8)9)43(34,57-41)38(50)56-40(10,11)12/h14-20,25-26,28,32-35,46,51H,4,13,21-24H2,1-3,5-12H3,(H,47,48)/b20-19+/t25-,26+,28+,32?,33+,34+,35+,41+,42+,43+/m0/s1. The molecule has 1 unspecified atom stereocenters. The van der Waals surface area contributed by atoms with Crippen molar-refractivity contribution in [2.24, 2.45) is 17.8 Å². The van der Waals surface area contributed by atoms with E-state index >= 15 is 0 Å². The summed E-state index contributed by atoms with van der Waals surface area (Å²) in [6, 6.07) is 9.44. The van der Waals surface area contributed by atoms with Crippen LogP contribution in [0, 0.1) is 17.8 Å². The number of carbonyl (C=O) groups excluding carboxylic acids is 4. The SMILES string of the molecule is C=C(CC[C@@]12O[C@H](C(=O)O)[C@@](O)(C(=O)OC(C)(C)C)[C@@](C(=O)OC(C)(C)C)(O1)[C@H](OC(=O)/C=C/[C@@H](C)C[C@@H](C)CC)[C@H]2O)C(OC(C)=O)[C@H](C)Cc1ccccc1. The molecule has 2 fully saturated rings. The van der Waals surface area contributed by atoms with Crippen LogP contribution in [-0.4, -0.2) is 97.8 Å². The first-order valence-electron chi connectivity index (χ1n) is 19.5. The molecule has 14 nitrogen and oxygen atoms in total. The van der Waals surface area contributed by atoms with Gasteiger partial charge in [-0.3, -0.25) is 4.79 Å². The van der Waals surface area contributed by atoms with Crippen molar-refractivity contribution in [3.63, 3.8) is 0 Å². The van der Waals surface area contributed by atoms with Gasteiger partial charge in [-0.15, -0.1) is 0 Å². The van der Waals surface area contributed by atoms with Crippen molar-refractivity contribution in [1.29, 1.82) is 0 Å². The third kappa shape index (κ3) is 10.9. The lowest BCUT2D eigenvalue weighted by atomic mass is 9.74. The lowest BCUT2D eigenvalue weighted by Crippen LogP contribution is -2.79. The molecule has 3 rings (SSSR count). The van der Waals surface area contributed by atoms with Gasteiger partial charge in [-0.25, -0.2) is 19.2 Å². The number of carbonyl (C=O) groups is 5. The fourth-order valence-corrected chi connectivity index (χ4v) is 7.27. The van der Waals surface area contributed by atoms with Gasteiger partial charge >= 0.3 is 29.8 Å². The quantitative estimate of drug-likeness (QED) is 0.0783. The number of benzene rings is 1. The summed E-state index contributed by atoms with van der Waals surface area (Å²) in [5.74, 6) is -9.47. The maximum Gasteiger partial charge on any atom is 0.347 e. The fourth-order valence-electron chi connectivity index (χ4n) is 7.27. The smallest absolute Gasteiger partial charge is 0.347 e. The number of ether oxygens (including phenoxy) is 6. The Hall–Kier alpha value is -4.11. The third-order valence-electron chi connectivity index (χ3n) is 10.1. The van der Waals surface area contributed by atoms with Crippen LogP contribution in [0.2, 0.25) is 0 Å². The lowest BCUT2D eigenvalue weighted by Gasteiger charge is -2.50. The number of aliphatic hydroxyl groups is 2. The van der Waals surface area contributed by atoms with Crippen LogP contribution in [-0.2, 0) is 58.8 Å². The minimum absolute atomic E-state index is 0.0958. The Morgan fingerprint density at radius 3 is 2.07 bits per heavy atom. The van der Waals surface area contributed by atoms with Crippen molar-refractivity contribution in [2.75, 3.05) is 0 Å². The minimum Gasteiger partial charge on any atom is -0.479 e. The average Bonchev–Trinajstić information content (AvgIpc) is 3.30. The number of hydrogen-bond donors (Lipinski definition) is 3. The molecule has 2 heterocycles. The highest BCUT2D eigenvalue weighted by molar-refractivity contribution is 5.99. The summed E-state index contributed by atoms with van der Waals surface area (Å²) in [5, 5.41) is 35.4. The molecule has 0 aliphatic carbocycles. The van der Waals surface area contributed by atoms with Gasteiger partial charge < -0.3 is 43.7 Å². The van der Waals surface area contributed by atoms with Crippen LogP contribution in [0.5, 0.6) is 0 Å². The molecule has 57 heavy (non-hydrogen) atoms. The highest BCUT2D eigenvalue weighted by atomic mass is 16.8. The summed E-state index contributed by atoms with van der Waals surface area (Å²) in [7, 11) is 0. The summed E-state index contributed by atoms with van der Waals surface area (Å²) >= 11 is 0. The second-order valence-electron chi connectivity index (χ2n) is 17.5. The molecule has 1 aromatic rings. The van der Waals surface area contributed by atoms with E-state index in [1.807, 2.05) is 51.1 Å². The molecule has 2 bridgehead atoms. The van der Waals surface area contributed by atoms with E-state index in [4.69, 9.17) is 28.4 Å². The normalized spacial score (nSPS) is 28.1. The molecule has 10 atom stereocenters. The Bertz CT molecular complexity index is 1660. The molecular weight excluding hydrogens is 740 g/mol. The van der Waals surface area contributed by atoms with Crippen LogP contribution < -0.4 is 0 Å². The fraction of sp³-hybridized carbons (Fsp3) is 0.651. The Morgan fingerprint density at radius 2 is 1.54 bits per heavy atom. The number of fused-ring (bicyclic) bond motifs is 2. The van der Waals surface area contributed by atoms with E-state index < -0.39 is 88.9 Å². The monoisotopic (exact) mass is 802 g/mol. The summed E-state index contributed by atoms with van der Waals surface area (Å²) in [6.07, 6.45) is -3.95. The van der Waals surface area contributed by atoms with Gasteiger partial charge in [0.05, 0.1) is 0 Å². The predicted molar refractivity (Wildman–Crippen MR) is 207 cm³/mol. The molecule has 2 saturated heterocycles. The number of aliphatic carboxylic acids is 1. The van der Waals surface area contributed by atoms with E-state index in [0.29, 0.717) is 17.9 Å². The van der Waals surface area contributed by atoms with E-state index in [9.17, 15) is 39.3 Å². The molecule has 0 amide bonds. The largest absolute Gasteiger partial charge is 0.479 e. The average molecular weight is 803 g/mol. The maximum atomic E-state index is 14.6. The van der Waals surface area contributed by atoms with E-state index in [1.165, 1.54) is 48.5 Å². The van der Waals surface area contributed by atoms with Crippen LogP contribution in [0.1, 0.15) is 107 Å². The van der Waals surface area contributed by atoms with Gasteiger partial charge in [-0.1, -0.05) is 77.1 Å². The Kier molecular flexibility index (Phi) is 15.1.